The molecule has 1 aliphatic rings. The van der Waals surface area contributed by atoms with Crippen molar-refractivity contribution in [3.8, 4) is 0 Å². The predicted molar refractivity (Wildman–Crippen MR) is 86.7 cm³/mol. The fourth-order valence-electron chi connectivity index (χ4n) is 3.33. The van der Waals surface area contributed by atoms with E-state index in [1.165, 1.54) is 42.3 Å². The average molecular weight is 289 g/mol. The number of para-hydroxylation sites is 1. The van der Waals surface area contributed by atoms with E-state index < -0.39 is 0 Å². The van der Waals surface area contributed by atoms with Gasteiger partial charge in [0.25, 0.3) is 0 Å². The molecule has 0 spiro atoms. The number of aromatic amines is 1. The number of fused-ring (bicyclic) bond motifs is 1. The molecule has 0 saturated heterocycles. The molecule has 108 valence electrons. The van der Waals surface area contributed by atoms with E-state index in [0.717, 1.165) is 23.9 Å². The molecule has 1 aromatic carbocycles. The van der Waals surface area contributed by atoms with Crippen LogP contribution in [0.3, 0.4) is 0 Å². The Hall–Kier alpha value is -1.13. The lowest BCUT2D eigenvalue weighted by Gasteiger charge is -2.24. The van der Waals surface area contributed by atoms with E-state index in [9.17, 15) is 0 Å². The maximum Gasteiger partial charge on any atom is 0.178 e. The van der Waals surface area contributed by atoms with Crippen LogP contribution in [-0.2, 0) is 6.54 Å². The molecule has 0 amide bonds. The highest BCUT2D eigenvalue weighted by Crippen LogP contribution is 2.23. The Morgan fingerprint density at radius 1 is 1.35 bits per heavy atom. The minimum absolute atomic E-state index is 0.774. The van der Waals surface area contributed by atoms with Crippen molar-refractivity contribution in [1.82, 2.24) is 14.5 Å². The third kappa shape index (κ3) is 2.54. The maximum absolute atomic E-state index is 5.49. The van der Waals surface area contributed by atoms with Gasteiger partial charge in [-0.2, -0.15) is 0 Å². The van der Waals surface area contributed by atoms with Crippen LogP contribution in [0.1, 0.15) is 31.2 Å². The first-order chi connectivity index (χ1) is 9.66. The first kappa shape index (κ1) is 13.8. The lowest BCUT2D eigenvalue weighted by Crippen LogP contribution is -2.32. The van der Waals surface area contributed by atoms with Gasteiger partial charge in [-0.1, -0.05) is 25.0 Å². The fourth-order valence-corrected chi connectivity index (χ4v) is 3.62. The number of benzene rings is 1. The molecule has 0 bridgehead atoms. The van der Waals surface area contributed by atoms with Gasteiger partial charge in [0.15, 0.2) is 4.77 Å². The molecule has 1 aliphatic carbocycles. The predicted octanol–water partition coefficient (Wildman–Crippen LogP) is 3.88. The number of rotatable bonds is 4. The zero-order valence-corrected chi connectivity index (χ0v) is 13.2. The molecule has 3 rings (SSSR count). The van der Waals surface area contributed by atoms with Crippen LogP contribution in [0.2, 0.25) is 0 Å². The van der Waals surface area contributed by atoms with Crippen molar-refractivity contribution in [2.75, 3.05) is 13.6 Å². The lowest BCUT2D eigenvalue weighted by atomic mass is 10.2. The molecule has 4 heteroatoms. The minimum atomic E-state index is 0.774. The molecular formula is C16H23N3S. The summed E-state index contributed by atoms with van der Waals surface area (Å²) in [7, 11) is 2.25. The summed E-state index contributed by atoms with van der Waals surface area (Å²) in [5.41, 5.74) is 3.67. The van der Waals surface area contributed by atoms with Gasteiger partial charge in [0.2, 0.25) is 0 Å². The van der Waals surface area contributed by atoms with Crippen LogP contribution in [0.25, 0.3) is 11.0 Å². The Bertz CT molecular complexity index is 649. The Balaban J connectivity index is 1.79. The molecule has 3 nitrogen and oxygen atoms in total. The highest BCUT2D eigenvalue weighted by atomic mass is 32.1. The first-order valence-electron chi connectivity index (χ1n) is 7.55. The molecular weight excluding hydrogens is 266 g/mol. The molecule has 2 aromatic rings. The molecule has 1 heterocycles. The van der Waals surface area contributed by atoms with Crippen LogP contribution in [0.5, 0.6) is 0 Å². The summed E-state index contributed by atoms with van der Waals surface area (Å²) < 4.78 is 3.08. The van der Waals surface area contributed by atoms with E-state index in [0.29, 0.717) is 0 Å². The Kier molecular flexibility index (Phi) is 3.94. The number of likely N-dealkylation sites (N-methyl/N-ethyl adjacent to an activating group) is 1. The van der Waals surface area contributed by atoms with Crippen molar-refractivity contribution in [3.63, 3.8) is 0 Å². The number of aromatic nitrogens is 2. The Morgan fingerprint density at radius 3 is 2.85 bits per heavy atom. The molecule has 1 saturated carbocycles. The number of hydrogen-bond donors (Lipinski definition) is 1. The number of H-pyrrole nitrogens is 1. The van der Waals surface area contributed by atoms with Gasteiger partial charge in [-0.05, 0) is 50.7 Å². The van der Waals surface area contributed by atoms with Crippen LogP contribution in [0.15, 0.2) is 18.2 Å². The summed E-state index contributed by atoms with van der Waals surface area (Å²) in [6.07, 6.45) is 5.49. The lowest BCUT2D eigenvalue weighted by molar-refractivity contribution is 0.237. The van der Waals surface area contributed by atoms with E-state index in [2.05, 4.69) is 46.6 Å². The Morgan fingerprint density at radius 2 is 2.10 bits per heavy atom. The normalized spacial score (nSPS) is 16.6. The van der Waals surface area contributed by atoms with Crippen molar-refractivity contribution in [3.05, 3.63) is 28.5 Å². The Labute approximate surface area is 125 Å². The SMILES string of the molecule is Cc1cccc2c1[nH]c(=S)n2CCN(C)C1CCCC1. The second-order valence-electron chi connectivity index (χ2n) is 5.97. The second kappa shape index (κ2) is 5.70. The van der Waals surface area contributed by atoms with Gasteiger partial charge in [-0.25, -0.2) is 0 Å². The third-order valence-corrected chi connectivity index (χ3v) is 4.97. The number of hydrogen-bond acceptors (Lipinski definition) is 2. The van der Waals surface area contributed by atoms with Crippen LogP contribution in [-0.4, -0.2) is 34.1 Å². The number of imidazole rings is 1. The summed E-state index contributed by atoms with van der Waals surface area (Å²) in [6, 6.07) is 7.17. The van der Waals surface area contributed by atoms with Crippen LogP contribution >= 0.6 is 12.2 Å². The van der Waals surface area contributed by atoms with Crippen LogP contribution < -0.4 is 0 Å². The topological polar surface area (TPSA) is 24.0 Å². The number of nitrogens with one attached hydrogen (secondary N) is 1. The summed E-state index contributed by atoms with van der Waals surface area (Å²) in [6.45, 7) is 4.16. The van der Waals surface area contributed by atoms with Gasteiger partial charge in [-0.15, -0.1) is 0 Å². The molecule has 0 aliphatic heterocycles. The standard InChI is InChI=1S/C16H23N3S/c1-12-6-5-9-14-15(12)17-16(20)19(14)11-10-18(2)13-7-3-4-8-13/h5-6,9,13H,3-4,7-8,10-11H2,1-2H3,(H,17,20). The maximum atomic E-state index is 5.49. The van der Waals surface area contributed by atoms with Crippen LogP contribution in [0.4, 0.5) is 0 Å². The van der Waals surface area contributed by atoms with Gasteiger partial charge in [0, 0.05) is 19.1 Å². The minimum Gasteiger partial charge on any atom is -0.330 e. The molecule has 0 unspecified atom stereocenters. The zero-order chi connectivity index (χ0) is 14.1. The van der Waals surface area contributed by atoms with Crippen LogP contribution in [0, 0.1) is 11.7 Å². The van der Waals surface area contributed by atoms with Gasteiger partial charge in [0.1, 0.15) is 0 Å². The van der Waals surface area contributed by atoms with Crippen molar-refractivity contribution >= 4 is 23.3 Å². The molecule has 20 heavy (non-hydrogen) atoms. The van der Waals surface area contributed by atoms with Gasteiger partial charge >= 0.3 is 0 Å². The third-order valence-electron chi connectivity index (χ3n) is 4.64. The van der Waals surface area contributed by atoms with Gasteiger partial charge in [-0.3, -0.25) is 0 Å². The molecule has 1 N–H and O–H groups in total. The molecule has 0 atom stereocenters. The van der Waals surface area contributed by atoms with E-state index >= 15 is 0 Å². The first-order valence-corrected chi connectivity index (χ1v) is 7.96. The largest absolute Gasteiger partial charge is 0.330 e. The van der Waals surface area contributed by atoms with Crippen molar-refractivity contribution in [1.29, 1.82) is 0 Å². The highest BCUT2D eigenvalue weighted by molar-refractivity contribution is 7.71. The number of aryl methyl sites for hydroxylation is 1. The average Bonchev–Trinajstić information content (AvgIpc) is 3.05. The van der Waals surface area contributed by atoms with E-state index in [1.807, 2.05) is 0 Å². The molecule has 1 fully saturated rings. The molecule has 1 aromatic heterocycles. The zero-order valence-electron chi connectivity index (χ0n) is 12.4. The summed E-state index contributed by atoms with van der Waals surface area (Å²) in [5, 5.41) is 0. The molecule has 0 radical (unpaired) electrons. The van der Waals surface area contributed by atoms with Gasteiger partial charge in [0.05, 0.1) is 11.0 Å². The van der Waals surface area contributed by atoms with Crippen molar-refractivity contribution < 1.29 is 0 Å². The van der Waals surface area contributed by atoms with E-state index in [-0.39, 0.29) is 0 Å². The van der Waals surface area contributed by atoms with Crippen molar-refractivity contribution in [2.24, 2.45) is 0 Å². The quantitative estimate of drug-likeness (QED) is 0.864. The highest BCUT2D eigenvalue weighted by Gasteiger charge is 2.19. The van der Waals surface area contributed by atoms with E-state index in [1.54, 1.807) is 0 Å². The smallest absolute Gasteiger partial charge is 0.178 e. The summed E-state index contributed by atoms with van der Waals surface area (Å²) in [4.78, 5) is 5.85. The second-order valence-corrected chi connectivity index (χ2v) is 6.36. The summed E-state index contributed by atoms with van der Waals surface area (Å²) >= 11 is 5.49. The van der Waals surface area contributed by atoms with E-state index in [4.69, 9.17) is 12.2 Å². The fraction of sp³-hybridized carbons (Fsp3) is 0.562. The number of nitrogens with zero attached hydrogens (tertiary/aromatic N) is 2. The van der Waals surface area contributed by atoms with Gasteiger partial charge < -0.3 is 14.5 Å². The monoisotopic (exact) mass is 289 g/mol. The summed E-state index contributed by atoms with van der Waals surface area (Å²) in [5.74, 6) is 0. The van der Waals surface area contributed by atoms with Crippen molar-refractivity contribution in [2.45, 2.75) is 45.2 Å².